The van der Waals surface area contributed by atoms with Crippen LogP contribution in [0.2, 0.25) is 0 Å². The molecule has 5 nitrogen and oxygen atoms in total. The molecule has 1 aromatic carbocycles. The number of amides is 2. The zero-order valence-electron chi connectivity index (χ0n) is 12.2. The molecule has 0 saturated heterocycles. The molecule has 0 spiro atoms. The lowest BCUT2D eigenvalue weighted by molar-refractivity contribution is -0.105. The van der Waals surface area contributed by atoms with Crippen LogP contribution in [0.1, 0.15) is 30.6 Å². The number of benzene rings is 1. The SMILES string of the molecule is CCN(CC)CCCNC(=O)c1ccc(NC=O)cc1. The van der Waals surface area contributed by atoms with Gasteiger partial charge in [-0.15, -0.1) is 0 Å². The van der Waals surface area contributed by atoms with Crippen molar-refractivity contribution in [3.8, 4) is 0 Å². The summed E-state index contributed by atoms with van der Waals surface area (Å²) in [7, 11) is 0. The second-order valence-electron chi connectivity index (χ2n) is 4.48. The minimum Gasteiger partial charge on any atom is -0.352 e. The van der Waals surface area contributed by atoms with Gasteiger partial charge in [0, 0.05) is 17.8 Å². The van der Waals surface area contributed by atoms with Gasteiger partial charge in [0.2, 0.25) is 6.41 Å². The summed E-state index contributed by atoms with van der Waals surface area (Å²) in [5.74, 6) is -0.0813. The van der Waals surface area contributed by atoms with Crippen LogP contribution in [-0.2, 0) is 4.79 Å². The van der Waals surface area contributed by atoms with Gasteiger partial charge < -0.3 is 15.5 Å². The Morgan fingerprint density at radius 2 is 1.85 bits per heavy atom. The zero-order valence-corrected chi connectivity index (χ0v) is 12.2. The molecule has 1 rings (SSSR count). The van der Waals surface area contributed by atoms with E-state index in [0.29, 0.717) is 24.2 Å². The highest BCUT2D eigenvalue weighted by atomic mass is 16.1. The van der Waals surface area contributed by atoms with E-state index in [1.807, 2.05) is 0 Å². The predicted molar refractivity (Wildman–Crippen MR) is 80.9 cm³/mol. The summed E-state index contributed by atoms with van der Waals surface area (Å²) in [5, 5.41) is 5.43. The van der Waals surface area contributed by atoms with Gasteiger partial charge in [0.1, 0.15) is 0 Å². The fourth-order valence-corrected chi connectivity index (χ4v) is 1.93. The Balaban J connectivity index is 2.33. The van der Waals surface area contributed by atoms with E-state index in [4.69, 9.17) is 0 Å². The lowest BCUT2D eigenvalue weighted by Crippen LogP contribution is -2.29. The highest BCUT2D eigenvalue weighted by Crippen LogP contribution is 2.08. The second-order valence-corrected chi connectivity index (χ2v) is 4.48. The van der Waals surface area contributed by atoms with E-state index in [-0.39, 0.29) is 5.91 Å². The van der Waals surface area contributed by atoms with Crippen molar-refractivity contribution in [3.63, 3.8) is 0 Å². The zero-order chi connectivity index (χ0) is 14.8. The largest absolute Gasteiger partial charge is 0.352 e. The molecule has 0 bridgehead atoms. The first-order chi connectivity index (χ1) is 9.71. The van der Waals surface area contributed by atoms with Crippen LogP contribution in [0.3, 0.4) is 0 Å². The third-order valence-electron chi connectivity index (χ3n) is 3.20. The standard InChI is InChI=1S/C15H23N3O2/c1-3-18(4-2)11-5-10-16-15(20)13-6-8-14(9-7-13)17-12-19/h6-9,12H,3-5,10-11H2,1-2H3,(H,16,20)(H,17,19). The highest BCUT2D eigenvalue weighted by molar-refractivity contribution is 5.94. The summed E-state index contributed by atoms with van der Waals surface area (Å²) < 4.78 is 0. The minimum absolute atomic E-state index is 0.0813. The van der Waals surface area contributed by atoms with Crippen LogP contribution < -0.4 is 10.6 Å². The van der Waals surface area contributed by atoms with E-state index in [0.717, 1.165) is 26.1 Å². The van der Waals surface area contributed by atoms with Crippen molar-refractivity contribution < 1.29 is 9.59 Å². The Morgan fingerprint density at radius 1 is 1.20 bits per heavy atom. The Kier molecular flexibility index (Phi) is 7.35. The van der Waals surface area contributed by atoms with Crippen LogP contribution in [-0.4, -0.2) is 43.4 Å². The smallest absolute Gasteiger partial charge is 0.251 e. The number of hydrogen-bond donors (Lipinski definition) is 2. The molecular formula is C15H23N3O2. The average molecular weight is 277 g/mol. The number of nitrogens with zero attached hydrogens (tertiary/aromatic N) is 1. The maximum Gasteiger partial charge on any atom is 0.251 e. The fraction of sp³-hybridized carbons (Fsp3) is 0.467. The lowest BCUT2D eigenvalue weighted by Gasteiger charge is -2.17. The number of carbonyl (C=O) groups is 2. The van der Waals surface area contributed by atoms with Crippen LogP contribution in [0.5, 0.6) is 0 Å². The van der Waals surface area contributed by atoms with E-state index in [2.05, 4.69) is 29.4 Å². The molecule has 110 valence electrons. The van der Waals surface area contributed by atoms with Gasteiger partial charge in [-0.1, -0.05) is 13.8 Å². The fourth-order valence-electron chi connectivity index (χ4n) is 1.93. The molecule has 2 N–H and O–H groups in total. The van der Waals surface area contributed by atoms with E-state index < -0.39 is 0 Å². The van der Waals surface area contributed by atoms with Crippen LogP contribution in [0.4, 0.5) is 5.69 Å². The van der Waals surface area contributed by atoms with Crippen LogP contribution in [0.25, 0.3) is 0 Å². The molecular weight excluding hydrogens is 254 g/mol. The monoisotopic (exact) mass is 277 g/mol. The maximum atomic E-state index is 11.9. The molecule has 0 aliphatic carbocycles. The van der Waals surface area contributed by atoms with Crippen molar-refractivity contribution in [3.05, 3.63) is 29.8 Å². The molecule has 5 heteroatoms. The Bertz CT molecular complexity index is 414. The normalized spacial score (nSPS) is 10.3. The van der Waals surface area contributed by atoms with E-state index in [9.17, 15) is 9.59 Å². The van der Waals surface area contributed by atoms with Gasteiger partial charge in [-0.05, 0) is 50.3 Å². The van der Waals surface area contributed by atoms with Gasteiger partial charge in [-0.3, -0.25) is 9.59 Å². The topological polar surface area (TPSA) is 61.4 Å². The Morgan fingerprint density at radius 3 is 2.40 bits per heavy atom. The van der Waals surface area contributed by atoms with Crippen LogP contribution >= 0.6 is 0 Å². The number of rotatable bonds is 9. The average Bonchev–Trinajstić information content (AvgIpc) is 2.48. The predicted octanol–water partition coefficient (Wildman–Crippen LogP) is 1.72. The van der Waals surface area contributed by atoms with E-state index >= 15 is 0 Å². The van der Waals surface area contributed by atoms with E-state index in [1.54, 1.807) is 24.3 Å². The lowest BCUT2D eigenvalue weighted by atomic mass is 10.2. The van der Waals surface area contributed by atoms with E-state index in [1.165, 1.54) is 0 Å². The summed E-state index contributed by atoms with van der Waals surface area (Å²) in [6.07, 6.45) is 1.56. The Labute approximate surface area is 120 Å². The molecule has 0 atom stereocenters. The van der Waals surface area contributed by atoms with Gasteiger partial charge in [0.15, 0.2) is 0 Å². The van der Waals surface area contributed by atoms with Crippen molar-refractivity contribution in [2.24, 2.45) is 0 Å². The number of nitrogens with one attached hydrogen (secondary N) is 2. The molecule has 0 heterocycles. The molecule has 1 aromatic rings. The number of anilines is 1. The first kappa shape index (κ1) is 16.2. The van der Waals surface area contributed by atoms with Crippen molar-refractivity contribution in [2.75, 3.05) is 31.5 Å². The Hall–Kier alpha value is -1.88. The number of carbonyl (C=O) groups excluding carboxylic acids is 2. The molecule has 0 saturated carbocycles. The van der Waals surface area contributed by atoms with Crippen molar-refractivity contribution in [1.29, 1.82) is 0 Å². The van der Waals surface area contributed by atoms with Gasteiger partial charge >= 0.3 is 0 Å². The van der Waals surface area contributed by atoms with Crippen LogP contribution in [0.15, 0.2) is 24.3 Å². The van der Waals surface area contributed by atoms with Crippen LogP contribution in [0, 0.1) is 0 Å². The molecule has 2 amide bonds. The minimum atomic E-state index is -0.0813. The number of hydrogen-bond acceptors (Lipinski definition) is 3. The summed E-state index contributed by atoms with van der Waals surface area (Å²) in [4.78, 5) is 24.5. The first-order valence-corrected chi connectivity index (χ1v) is 7.02. The molecule has 0 aliphatic heterocycles. The second kappa shape index (κ2) is 9.09. The molecule has 0 fully saturated rings. The summed E-state index contributed by atoms with van der Waals surface area (Å²) in [6, 6.07) is 6.82. The molecule has 0 unspecified atom stereocenters. The van der Waals surface area contributed by atoms with Gasteiger partial charge in [0.05, 0.1) is 0 Å². The quantitative estimate of drug-likeness (QED) is 0.533. The third-order valence-corrected chi connectivity index (χ3v) is 3.20. The third kappa shape index (κ3) is 5.40. The van der Waals surface area contributed by atoms with Crippen molar-refractivity contribution in [2.45, 2.75) is 20.3 Å². The maximum absolute atomic E-state index is 11.9. The van der Waals surface area contributed by atoms with Crippen molar-refractivity contribution >= 4 is 18.0 Å². The molecule has 0 radical (unpaired) electrons. The summed E-state index contributed by atoms with van der Waals surface area (Å²) in [5.41, 5.74) is 1.28. The first-order valence-electron chi connectivity index (χ1n) is 7.02. The summed E-state index contributed by atoms with van der Waals surface area (Å²) >= 11 is 0. The van der Waals surface area contributed by atoms with Gasteiger partial charge in [0.25, 0.3) is 5.91 Å². The van der Waals surface area contributed by atoms with Gasteiger partial charge in [-0.2, -0.15) is 0 Å². The highest BCUT2D eigenvalue weighted by Gasteiger charge is 2.05. The summed E-state index contributed by atoms with van der Waals surface area (Å²) in [6.45, 7) is 8.01. The molecule has 0 aromatic heterocycles. The molecule has 0 aliphatic rings. The van der Waals surface area contributed by atoms with Crippen molar-refractivity contribution in [1.82, 2.24) is 10.2 Å². The molecule has 20 heavy (non-hydrogen) atoms. The van der Waals surface area contributed by atoms with Gasteiger partial charge in [-0.25, -0.2) is 0 Å².